The Morgan fingerprint density at radius 3 is 2.30 bits per heavy atom. The maximum atomic E-state index is 13.0. The Bertz CT molecular complexity index is 1300. The number of nitrogens with zero attached hydrogens (tertiary/aromatic N) is 4. The van der Waals surface area contributed by atoms with Gasteiger partial charge in [-0.2, -0.15) is 9.40 Å². The number of nitro groups is 1. The van der Waals surface area contributed by atoms with Crippen LogP contribution in [0.1, 0.15) is 35.5 Å². The molecule has 0 spiro atoms. The molecule has 0 radical (unpaired) electrons. The summed E-state index contributed by atoms with van der Waals surface area (Å²) in [4.78, 5) is 23.5. The normalized spacial score (nSPS) is 11.5. The second kappa shape index (κ2) is 9.51. The summed E-state index contributed by atoms with van der Waals surface area (Å²) < 4.78 is 28.8. The van der Waals surface area contributed by atoms with Gasteiger partial charge in [0.05, 0.1) is 21.2 Å². The maximum Gasteiger partial charge on any atom is 0.269 e. The third-order valence-electron chi connectivity index (χ3n) is 5.15. The fraction of sp³-hybridized carbons (Fsp3) is 0.273. The Hall–Kier alpha value is -3.57. The van der Waals surface area contributed by atoms with E-state index in [0.717, 1.165) is 0 Å². The zero-order chi connectivity index (χ0) is 24.3. The molecule has 0 unspecified atom stereocenters. The zero-order valence-electron chi connectivity index (χ0n) is 18.8. The molecule has 1 N–H and O–H groups in total. The van der Waals surface area contributed by atoms with Crippen LogP contribution in [0.25, 0.3) is 5.69 Å². The van der Waals surface area contributed by atoms with Gasteiger partial charge in [-0.1, -0.05) is 19.9 Å². The first-order valence-electron chi connectivity index (χ1n) is 10.3. The molecular formula is C22H25N5O5S. The number of aryl methyl sites for hydroxylation is 2. The van der Waals surface area contributed by atoms with E-state index in [4.69, 9.17) is 0 Å². The van der Waals surface area contributed by atoms with Crippen LogP contribution in [0.3, 0.4) is 0 Å². The van der Waals surface area contributed by atoms with Gasteiger partial charge in [-0.15, -0.1) is 0 Å². The minimum absolute atomic E-state index is 0.0604. The van der Waals surface area contributed by atoms with Crippen LogP contribution >= 0.6 is 0 Å². The van der Waals surface area contributed by atoms with Gasteiger partial charge in [0.1, 0.15) is 5.82 Å². The molecule has 0 atom stereocenters. The highest BCUT2D eigenvalue weighted by atomic mass is 32.2. The van der Waals surface area contributed by atoms with E-state index in [9.17, 15) is 23.3 Å². The average molecular weight is 472 g/mol. The Kier molecular flexibility index (Phi) is 6.94. The molecule has 1 aromatic heterocycles. The van der Waals surface area contributed by atoms with Crippen molar-refractivity contribution in [3.63, 3.8) is 0 Å². The van der Waals surface area contributed by atoms with Crippen LogP contribution in [-0.2, 0) is 10.0 Å². The highest BCUT2D eigenvalue weighted by Crippen LogP contribution is 2.24. The number of carbonyl (C=O) groups excluding carboxylic acids is 1. The third-order valence-corrected chi connectivity index (χ3v) is 7.34. The monoisotopic (exact) mass is 471 g/mol. The van der Waals surface area contributed by atoms with Crippen molar-refractivity contribution in [2.75, 3.05) is 18.4 Å². The van der Waals surface area contributed by atoms with Gasteiger partial charge in [0.15, 0.2) is 0 Å². The largest absolute Gasteiger partial charge is 0.306 e. The number of anilines is 1. The number of benzene rings is 2. The number of hydrogen-bond acceptors (Lipinski definition) is 6. The summed E-state index contributed by atoms with van der Waals surface area (Å²) in [7, 11) is -3.74. The van der Waals surface area contributed by atoms with E-state index < -0.39 is 20.9 Å². The molecule has 33 heavy (non-hydrogen) atoms. The van der Waals surface area contributed by atoms with E-state index in [1.165, 1.54) is 39.3 Å². The lowest BCUT2D eigenvalue weighted by atomic mass is 10.1. The summed E-state index contributed by atoms with van der Waals surface area (Å²) in [6.07, 6.45) is 0. The number of hydrogen-bond donors (Lipinski definition) is 1. The number of rotatable bonds is 8. The summed E-state index contributed by atoms with van der Waals surface area (Å²) in [6.45, 7) is 7.59. The molecule has 1 amide bonds. The number of nitrogens with one attached hydrogen (secondary N) is 1. The molecule has 0 aliphatic heterocycles. The quantitative estimate of drug-likeness (QED) is 0.394. The predicted octanol–water partition coefficient (Wildman–Crippen LogP) is 3.68. The molecule has 174 valence electrons. The van der Waals surface area contributed by atoms with E-state index in [2.05, 4.69) is 10.4 Å². The first-order valence-corrected chi connectivity index (χ1v) is 11.8. The van der Waals surface area contributed by atoms with E-state index in [1.54, 1.807) is 45.9 Å². The number of sulfonamides is 1. The summed E-state index contributed by atoms with van der Waals surface area (Å²) in [5, 5.41) is 18.0. The molecule has 0 saturated carbocycles. The maximum absolute atomic E-state index is 13.0. The fourth-order valence-corrected chi connectivity index (χ4v) is 5.12. The summed E-state index contributed by atoms with van der Waals surface area (Å²) >= 11 is 0. The van der Waals surface area contributed by atoms with Crippen molar-refractivity contribution in [1.29, 1.82) is 0 Å². The molecule has 1 heterocycles. The fourth-order valence-electron chi connectivity index (χ4n) is 3.41. The minimum Gasteiger partial charge on any atom is -0.306 e. The van der Waals surface area contributed by atoms with Gasteiger partial charge in [0, 0.05) is 36.9 Å². The van der Waals surface area contributed by atoms with Gasteiger partial charge < -0.3 is 5.32 Å². The van der Waals surface area contributed by atoms with Gasteiger partial charge in [-0.05, 0) is 43.7 Å². The number of aromatic nitrogens is 2. The van der Waals surface area contributed by atoms with Crippen molar-refractivity contribution in [2.24, 2.45) is 0 Å². The molecule has 3 rings (SSSR count). The topological polar surface area (TPSA) is 127 Å². The van der Waals surface area contributed by atoms with Crippen LogP contribution in [0.4, 0.5) is 11.5 Å². The molecule has 0 saturated heterocycles. The molecule has 0 aliphatic rings. The standard InChI is InChI=1S/C22H25N5O5S/c1-5-25(6-2)33(31,32)20-14-17(8-7-15(20)3)22(28)23-21-13-16(4)24-26(21)18-9-11-19(12-10-18)27(29)30/h7-14H,5-6H2,1-4H3,(H,23,28). The molecule has 10 nitrogen and oxygen atoms in total. The van der Waals surface area contributed by atoms with Crippen molar-refractivity contribution in [3.05, 3.63) is 75.5 Å². The molecule has 2 aromatic carbocycles. The van der Waals surface area contributed by atoms with Gasteiger partial charge in [-0.25, -0.2) is 13.1 Å². The molecule has 11 heteroatoms. The highest BCUT2D eigenvalue weighted by Gasteiger charge is 2.25. The van der Waals surface area contributed by atoms with Crippen molar-refractivity contribution in [3.8, 4) is 5.69 Å². The van der Waals surface area contributed by atoms with E-state index >= 15 is 0 Å². The first kappa shape index (κ1) is 24.1. The Labute approximate surface area is 192 Å². The second-order valence-electron chi connectivity index (χ2n) is 7.38. The van der Waals surface area contributed by atoms with Crippen molar-refractivity contribution < 1.29 is 18.1 Å². The van der Waals surface area contributed by atoms with Crippen LogP contribution in [0.5, 0.6) is 0 Å². The van der Waals surface area contributed by atoms with Crippen LogP contribution < -0.4 is 5.32 Å². The number of nitro benzene ring substituents is 1. The zero-order valence-corrected chi connectivity index (χ0v) is 19.6. The summed E-state index contributed by atoms with van der Waals surface area (Å²) in [5.41, 5.74) is 1.82. The van der Waals surface area contributed by atoms with Gasteiger partial charge >= 0.3 is 0 Å². The predicted molar refractivity (Wildman–Crippen MR) is 124 cm³/mol. The van der Waals surface area contributed by atoms with Crippen molar-refractivity contribution in [1.82, 2.24) is 14.1 Å². The van der Waals surface area contributed by atoms with Crippen molar-refractivity contribution >= 4 is 27.4 Å². The average Bonchev–Trinajstić information content (AvgIpc) is 3.14. The Balaban J connectivity index is 1.94. The summed E-state index contributed by atoms with van der Waals surface area (Å²) in [6, 6.07) is 11.9. The SMILES string of the molecule is CCN(CC)S(=O)(=O)c1cc(C(=O)Nc2cc(C)nn2-c2ccc([N+](=O)[O-])cc2)ccc1C. The smallest absolute Gasteiger partial charge is 0.269 e. The number of non-ortho nitro benzene ring substituents is 1. The lowest BCUT2D eigenvalue weighted by Gasteiger charge is -2.20. The molecule has 3 aromatic rings. The minimum atomic E-state index is -3.74. The van der Waals surface area contributed by atoms with Gasteiger partial charge in [0.25, 0.3) is 11.6 Å². The van der Waals surface area contributed by atoms with Crippen LogP contribution in [-0.4, -0.2) is 46.4 Å². The molecular weight excluding hydrogens is 446 g/mol. The third kappa shape index (κ3) is 4.94. The summed E-state index contributed by atoms with van der Waals surface area (Å²) in [5.74, 6) is -0.158. The first-order chi connectivity index (χ1) is 15.6. The van der Waals surface area contributed by atoms with Crippen LogP contribution in [0.2, 0.25) is 0 Å². The lowest BCUT2D eigenvalue weighted by molar-refractivity contribution is -0.384. The molecule has 0 bridgehead atoms. The van der Waals surface area contributed by atoms with Crippen molar-refractivity contribution in [2.45, 2.75) is 32.6 Å². The van der Waals surface area contributed by atoms with Crippen LogP contribution in [0, 0.1) is 24.0 Å². The highest BCUT2D eigenvalue weighted by molar-refractivity contribution is 7.89. The van der Waals surface area contributed by atoms with Gasteiger partial charge in [0.2, 0.25) is 10.0 Å². The van der Waals surface area contributed by atoms with Gasteiger partial charge in [-0.3, -0.25) is 14.9 Å². The Morgan fingerprint density at radius 1 is 1.09 bits per heavy atom. The molecule has 0 aliphatic carbocycles. The van der Waals surface area contributed by atoms with E-state index in [-0.39, 0.29) is 16.1 Å². The van der Waals surface area contributed by atoms with E-state index in [1.807, 2.05) is 0 Å². The van der Waals surface area contributed by atoms with Crippen LogP contribution in [0.15, 0.2) is 53.4 Å². The molecule has 0 fully saturated rings. The lowest BCUT2D eigenvalue weighted by Crippen LogP contribution is -2.31. The van der Waals surface area contributed by atoms with E-state index in [0.29, 0.717) is 35.9 Å². The second-order valence-corrected chi connectivity index (χ2v) is 9.29. The number of amides is 1. The number of carbonyl (C=O) groups is 1. The Morgan fingerprint density at radius 2 is 1.73 bits per heavy atom.